The minimum Gasteiger partial charge on any atom is -0.493 e. The van der Waals surface area contributed by atoms with Crippen LogP contribution in [-0.2, 0) is 14.3 Å². The lowest BCUT2D eigenvalue weighted by atomic mass is 9.85. The summed E-state index contributed by atoms with van der Waals surface area (Å²) in [6, 6.07) is 2.43. The molecule has 1 saturated carbocycles. The van der Waals surface area contributed by atoms with Crippen LogP contribution in [0.2, 0.25) is 0 Å². The number of halogens is 1. The second-order valence-electron chi connectivity index (χ2n) is 9.65. The molecule has 1 aromatic rings. The van der Waals surface area contributed by atoms with E-state index in [2.05, 4.69) is 5.32 Å². The van der Waals surface area contributed by atoms with E-state index >= 15 is 0 Å². The number of carbonyl (C=O) groups is 3. The van der Waals surface area contributed by atoms with Crippen LogP contribution in [0.25, 0.3) is 0 Å². The van der Waals surface area contributed by atoms with Crippen molar-refractivity contribution in [3.05, 3.63) is 32.9 Å². The van der Waals surface area contributed by atoms with E-state index in [0.717, 1.165) is 25.7 Å². The molecule has 210 valence electrons. The van der Waals surface area contributed by atoms with E-state index in [4.69, 9.17) is 14.2 Å². The SMILES string of the molecule is COCC(=O)N(CC1CCCCC1)[C@@H]1CC(C(=O)NCCO)=C[C@H](Oc2c(I)cc(C=O)cc2OC)[C@H]1O. The highest BCUT2D eigenvalue weighted by Gasteiger charge is 2.41. The van der Waals surface area contributed by atoms with Gasteiger partial charge >= 0.3 is 0 Å². The number of aliphatic hydroxyl groups is 2. The molecule has 38 heavy (non-hydrogen) atoms. The Kier molecular flexibility index (Phi) is 11.8. The van der Waals surface area contributed by atoms with Crippen molar-refractivity contribution in [2.24, 2.45) is 5.92 Å². The first-order valence-corrected chi connectivity index (χ1v) is 14.0. The fraction of sp³-hybridized carbons (Fsp3) is 0.593. The highest BCUT2D eigenvalue weighted by molar-refractivity contribution is 14.1. The van der Waals surface area contributed by atoms with Crippen molar-refractivity contribution in [2.75, 3.05) is 40.5 Å². The fourth-order valence-electron chi connectivity index (χ4n) is 5.11. The molecule has 0 saturated heterocycles. The zero-order valence-electron chi connectivity index (χ0n) is 21.9. The van der Waals surface area contributed by atoms with Gasteiger partial charge in [0, 0.05) is 37.8 Å². The first-order chi connectivity index (χ1) is 18.3. The molecule has 0 aromatic heterocycles. The van der Waals surface area contributed by atoms with Crippen LogP contribution in [0.4, 0.5) is 0 Å². The largest absolute Gasteiger partial charge is 0.493 e. The van der Waals surface area contributed by atoms with Crippen LogP contribution in [0.15, 0.2) is 23.8 Å². The summed E-state index contributed by atoms with van der Waals surface area (Å²) in [5.74, 6) is 0.254. The summed E-state index contributed by atoms with van der Waals surface area (Å²) in [5, 5.41) is 23.4. The van der Waals surface area contributed by atoms with E-state index in [1.807, 2.05) is 22.6 Å². The predicted octanol–water partition coefficient (Wildman–Crippen LogP) is 2.08. The third-order valence-electron chi connectivity index (χ3n) is 7.02. The Labute approximate surface area is 236 Å². The number of hydrogen-bond acceptors (Lipinski definition) is 8. The summed E-state index contributed by atoms with van der Waals surface area (Å²) in [5.41, 5.74) is 0.750. The molecule has 3 N–H and O–H groups in total. The van der Waals surface area contributed by atoms with E-state index in [-0.39, 0.29) is 32.1 Å². The van der Waals surface area contributed by atoms with E-state index in [1.54, 1.807) is 17.0 Å². The van der Waals surface area contributed by atoms with Crippen LogP contribution in [0.5, 0.6) is 11.5 Å². The summed E-state index contributed by atoms with van der Waals surface area (Å²) in [4.78, 5) is 39.2. The average molecular weight is 645 g/mol. The molecule has 0 aliphatic heterocycles. The summed E-state index contributed by atoms with van der Waals surface area (Å²) in [7, 11) is 2.90. The summed E-state index contributed by atoms with van der Waals surface area (Å²) < 4.78 is 17.4. The number of nitrogens with one attached hydrogen (secondary N) is 1. The molecule has 3 rings (SSSR count). The van der Waals surface area contributed by atoms with E-state index in [9.17, 15) is 24.6 Å². The minimum absolute atomic E-state index is 0.0716. The molecule has 10 nitrogen and oxygen atoms in total. The molecule has 2 amide bonds. The highest BCUT2D eigenvalue weighted by atomic mass is 127. The van der Waals surface area contributed by atoms with Crippen molar-refractivity contribution >= 4 is 40.7 Å². The molecule has 0 spiro atoms. The van der Waals surface area contributed by atoms with Gasteiger partial charge in [0.1, 0.15) is 25.1 Å². The molecule has 3 atom stereocenters. The Hall–Kier alpha value is -2.22. The molecule has 0 heterocycles. The van der Waals surface area contributed by atoms with Crippen LogP contribution in [0, 0.1) is 9.49 Å². The van der Waals surface area contributed by atoms with Gasteiger partial charge in [-0.2, -0.15) is 0 Å². The third kappa shape index (κ3) is 7.67. The van der Waals surface area contributed by atoms with Crippen LogP contribution in [0.3, 0.4) is 0 Å². The number of methoxy groups -OCH3 is 2. The van der Waals surface area contributed by atoms with Crippen molar-refractivity contribution in [1.82, 2.24) is 10.2 Å². The van der Waals surface area contributed by atoms with Gasteiger partial charge in [-0.25, -0.2) is 0 Å². The molecule has 0 unspecified atom stereocenters. The lowest BCUT2D eigenvalue weighted by Gasteiger charge is -2.42. The third-order valence-corrected chi connectivity index (χ3v) is 7.83. The first kappa shape index (κ1) is 30.3. The van der Waals surface area contributed by atoms with Crippen molar-refractivity contribution in [1.29, 1.82) is 0 Å². The monoisotopic (exact) mass is 644 g/mol. The van der Waals surface area contributed by atoms with Gasteiger partial charge in [0.2, 0.25) is 11.8 Å². The van der Waals surface area contributed by atoms with Gasteiger partial charge in [-0.3, -0.25) is 14.4 Å². The van der Waals surface area contributed by atoms with Crippen molar-refractivity contribution in [3.63, 3.8) is 0 Å². The number of amides is 2. The Balaban J connectivity index is 1.98. The lowest BCUT2D eigenvalue weighted by molar-refractivity contribution is -0.143. The molecule has 0 bridgehead atoms. The first-order valence-electron chi connectivity index (χ1n) is 12.9. The molecule has 2 aliphatic rings. The van der Waals surface area contributed by atoms with E-state index < -0.39 is 24.2 Å². The van der Waals surface area contributed by atoms with Crippen LogP contribution in [-0.4, -0.2) is 92.0 Å². The van der Waals surface area contributed by atoms with Crippen molar-refractivity contribution < 1.29 is 38.8 Å². The quantitative estimate of drug-likeness (QED) is 0.233. The fourth-order valence-corrected chi connectivity index (χ4v) is 5.87. The predicted molar refractivity (Wildman–Crippen MR) is 148 cm³/mol. The maximum absolute atomic E-state index is 13.2. The van der Waals surface area contributed by atoms with Gasteiger partial charge in [0.25, 0.3) is 0 Å². The standard InChI is InChI=1S/C27H37IN2O8/c1-36-16-24(33)30(14-17-6-4-3-5-7-17)21-12-19(27(35)29-8-9-31)13-22(25(21)34)38-26-20(28)10-18(15-32)11-23(26)37-2/h10-11,13,15,17,21-22,25,31,34H,3-9,12,14,16H2,1-2H3,(H,29,35)/t21-,22+,25+/m1/s1. The zero-order valence-corrected chi connectivity index (χ0v) is 24.0. The maximum atomic E-state index is 13.2. The topological polar surface area (TPSA) is 135 Å². The number of benzene rings is 1. The number of nitrogens with zero attached hydrogens (tertiary/aromatic N) is 1. The zero-order chi connectivity index (χ0) is 27.7. The smallest absolute Gasteiger partial charge is 0.248 e. The Bertz CT molecular complexity index is 1010. The summed E-state index contributed by atoms with van der Waals surface area (Å²) in [6.45, 7) is 0.166. The van der Waals surface area contributed by atoms with Gasteiger partial charge in [-0.05, 0) is 59.6 Å². The lowest BCUT2D eigenvalue weighted by Crippen LogP contribution is -2.56. The Morgan fingerprint density at radius 2 is 1.95 bits per heavy atom. The van der Waals surface area contributed by atoms with Gasteiger partial charge in [-0.1, -0.05) is 19.3 Å². The number of ether oxygens (including phenoxy) is 3. The van der Waals surface area contributed by atoms with Gasteiger partial charge in [-0.15, -0.1) is 0 Å². The number of carbonyl (C=O) groups excluding carboxylic acids is 3. The molecular weight excluding hydrogens is 607 g/mol. The number of aldehydes is 1. The number of hydrogen-bond donors (Lipinski definition) is 3. The van der Waals surface area contributed by atoms with Crippen LogP contribution in [0.1, 0.15) is 48.9 Å². The van der Waals surface area contributed by atoms with Gasteiger partial charge in [0.15, 0.2) is 11.5 Å². The van der Waals surface area contributed by atoms with Gasteiger partial charge in [0.05, 0.1) is 23.3 Å². The van der Waals surface area contributed by atoms with Crippen LogP contribution < -0.4 is 14.8 Å². The minimum atomic E-state index is -1.15. The molecule has 0 radical (unpaired) electrons. The second-order valence-corrected chi connectivity index (χ2v) is 10.8. The van der Waals surface area contributed by atoms with Crippen molar-refractivity contribution in [3.8, 4) is 11.5 Å². The number of rotatable bonds is 12. The van der Waals surface area contributed by atoms with E-state index in [1.165, 1.54) is 26.7 Å². The number of aliphatic hydroxyl groups excluding tert-OH is 2. The maximum Gasteiger partial charge on any atom is 0.248 e. The Morgan fingerprint density at radius 1 is 1.21 bits per heavy atom. The second kappa shape index (κ2) is 14.8. The Morgan fingerprint density at radius 3 is 2.58 bits per heavy atom. The van der Waals surface area contributed by atoms with Crippen molar-refractivity contribution in [2.45, 2.75) is 56.8 Å². The average Bonchev–Trinajstić information content (AvgIpc) is 2.93. The molecule has 2 aliphatic carbocycles. The van der Waals surface area contributed by atoms with E-state index in [0.29, 0.717) is 45.0 Å². The molecule has 11 heteroatoms. The molecular formula is C27H37IN2O8. The van der Waals surface area contributed by atoms with Crippen LogP contribution >= 0.6 is 22.6 Å². The summed E-state index contributed by atoms with van der Waals surface area (Å²) >= 11 is 2.02. The highest BCUT2D eigenvalue weighted by Crippen LogP contribution is 2.37. The molecule has 1 aromatic carbocycles. The molecule has 1 fully saturated rings. The normalized spacial score (nSPS) is 21.8. The summed E-state index contributed by atoms with van der Waals surface area (Å²) in [6.07, 6.45) is 5.60. The van der Waals surface area contributed by atoms with Gasteiger partial charge < -0.3 is 34.6 Å².